The molecule has 1 aliphatic heterocycles. The van der Waals surface area contributed by atoms with Crippen LogP contribution in [0.2, 0.25) is 0 Å². The Morgan fingerprint density at radius 1 is 0.836 bits per heavy atom. The lowest BCUT2D eigenvalue weighted by Crippen LogP contribution is -2.47. The highest BCUT2D eigenvalue weighted by molar-refractivity contribution is 5.80. The number of aliphatic hydroxyl groups excluding tert-OH is 2. The summed E-state index contributed by atoms with van der Waals surface area (Å²) in [7, 11) is 1.61. The van der Waals surface area contributed by atoms with Crippen molar-refractivity contribution in [1.82, 2.24) is 15.5 Å². The second-order valence-electron chi connectivity index (χ2n) is 13.9. The van der Waals surface area contributed by atoms with Gasteiger partial charge >= 0.3 is 6.09 Å². The Balaban J connectivity index is 1.23. The van der Waals surface area contributed by atoms with Crippen LogP contribution in [0.15, 0.2) is 78.9 Å². The number of morpholine rings is 1. The van der Waals surface area contributed by atoms with Crippen LogP contribution in [-0.4, -0.2) is 132 Å². The van der Waals surface area contributed by atoms with Gasteiger partial charge in [-0.1, -0.05) is 66.7 Å². The Kier molecular flexibility index (Phi) is 17.7. The van der Waals surface area contributed by atoms with E-state index in [1.54, 1.807) is 7.11 Å². The number of carbonyl (C=O) groups is 2. The highest BCUT2D eigenvalue weighted by Gasteiger charge is 2.35. The van der Waals surface area contributed by atoms with Gasteiger partial charge in [0.2, 0.25) is 5.91 Å². The van der Waals surface area contributed by atoms with Crippen LogP contribution >= 0.6 is 0 Å². The monoisotopic (exact) mass is 763 g/mol. The fraction of sp³-hybridized carbons (Fsp3) is 0.524. The number of alkyl carbamates (subject to hydrolysis) is 1. The number of nitrogens with one attached hydrogen (secondary N) is 2. The lowest BCUT2D eigenvalue weighted by Gasteiger charge is -2.28. The number of fused-ring (bicyclic) bond motifs is 1. The van der Waals surface area contributed by atoms with Gasteiger partial charge in [0.05, 0.1) is 70.5 Å². The highest BCUT2D eigenvalue weighted by atomic mass is 16.6. The molecule has 1 saturated heterocycles. The predicted molar refractivity (Wildman–Crippen MR) is 206 cm³/mol. The van der Waals surface area contributed by atoms with Crippen molar-refractivity contribution < 1.29 is 48.2 Å². The van der Waals surface area contributed by atoms with Gasteiger partial charge in [-0.25, -0.2) is 4.79 Å². The Morgan fingerprint density at radius 3 is 2.25 bits per heavy atom. The molecule has 55 heavy (non-hydrogen) atoms. The van der Waals surface area contributed by atoms with Crippen LogP contribution in [0, 0.1) is 5.92 Å². The minimum absolute atomic E-state index is 0.0151. The summed E-state index contributed by atoms with van der Waals surface area (Å²) in [5, 5.41) is 28.7. The maximum Gasteiger partial charge on any atom is 0.407 e. The third kappa shape index (κ3) is 14.2. The minimum atomic E-state index is -1.12. The Labute approximate surface area is 324 Å². The number of ether oxygens (including phenoxy) is 6. The fourth-order valence-electron chi connectivity index (χ4n) is 6.88. The largest absolute Gasteiger partial charge is 0.492 e. The van der Waals surface area contributed by atoms with Crippen LogP contribution in [-0.2, 0) is 47.7 Å². The van der Waals surface area contributed by atoms with Gasteiger partial charge in [0, 0.05) is 39.1 Å². The van der Waals surface area contributed by atoms with E-state index in [-0.39, 0.29) is 25.5 Å². The molecule has 0 radical (unpaired) electrons. The van der Waals surface area contributed by atoms with Crippen LogP contribution in [0.5, 0.6) is 5.75 Å². The molecule has 1 heterocycles. The van der Waals surface area contributed by atoms with Gasteiger partial charge in [-0.15, -0.1) is 0 Å². The molecule has 13 heteroatoms. The summed E-state index contributed by atoms with van der Waals surface area (Å²) in [6.07, 6.45) is -1.47. The van der Waals surface area contributed by atoms with E-state index < -0.39 is 36.3 Å². The predicted octanol–water partition coefficient (Wildman–Crippen LogP) is 3.10. The third-order valence-electron chi connectivity index (χ3n) is 9.91. The number of nitrogens with zero attached hydrogens (tertiary/aromatic N) is 1. The summed E-state index contributed by atoms with van der Waals surface area (Å²) in [5.74, 6) is -0.260. The lowest BCUT2D eigenvalue weighted by atomic mass is 9.88. The number of hydrogen-bond acceptors (Lipinski definition) is 11. The molecule has 3 unspecified atom stereocenters. The van der Waals surface area contributed by atoms with E-state index in [0.717, 1.165) is 60.9 Å². The molecule has 4 N–H and O–H groups in total. The van der Waals surface area contributed by atoms with E-state index in [1.165, 1.54) is 0 Å². The number of amides is 2. The lowest BCUT2D eigenvalue weighted by molar-refractivity contribution is -0.127. The Hall–Kier alpha value is -4.08. The molecule has 1 fully saturated rings. The topological polar surface area (TPSA) is 157 Å². The maximum absolute atomic E-state index is 14.1. The van der Waals surface area contributed by atoms with Gasteiger partial charge in [-0.2, -0.15) is 0 Å². The van der Waals surface area contributed by atoms with E-state index in [4.69, 9.17) is 28.4 Å². The molecule has 0 bridgehead atoms. The van der Waals surface area contributed by atoms with Gasteiger partial charge in [-0.3, -0.25) is 9.69 Å². The van der Waals surface area contributed by atoms with Crippen molar-refractivity contribution >= 4 is 12.0 Å². The first kappa shape index (κ1) is 42.1. The first-order chi connectivity index (χ1) is 26.9. The highest BCUT2D eigenvalue weighted by Crippen LogP contribution is 2.32. The average Bonchev–Trinajstić information content (AvgIpc) is 3.52. The molecule has 5 rings (SSSR count). The van der Waals surface area contributed by atoms with E-state index in [2.05, 4.69) is 15.5 Å². The number of carbonyl (C=O) groups excluding carboxylic acids is 2. The van der Waals surface area contributed by atoms with Crippen molar-refractivity contribution in [2.45, 2.75) is 50.0 Å². The molecule has 2 amide bonds. The number of hydrogen-bond donors (Lipinski definition) is 4. The molecule has 3 aromatic rings. The minimum Gasteiger partial charge on any atom is -0.492 e. The van der Waals surface area contributed by atoms with E-state index >= 15 is 0 Å². The van der Waals surface area contributed by atoms with Gasteiger partial charge in [0.25, 0.3) is 0 Å². The fourth-order valence-corrected chi connectivity index (χ4v) is 6.88. The van der Waals surface area contributed by atoms with Crippen LogP contribution < -0.4 is 15.4 Å². The molecule has 0 aromatic heterocycles. The Bertz CT molecular complexity index is 1560. The molecule has 0 spiro atoms. The van der Waals surface area contributed by atoms with Crippen LogP contribution in [0.1, 0.15) is 34.7 Å². The number of benzene rings is 3. The summed E-state index contributed by atoms with van der Waals surface area (Å²) in [5.41, 5.74) is 3.67. The molecule has 13 nitrogen and oxygen atoms in total. The van der Waals surface area contributed by atoms with Crippen molar-refractivity contribution in [2.24, 2.45) is 5.92 Å². The van der Waals surface area contributed by atoms with E-state index in [0.29, 0.717) is 52.3 Å². The first-order valence-electron chi connectivity index (χ1n) is 19.3. The summed E-state index contributed by atoms with van der Waals surface area (Å²) in [4.78, 5) is 29.4. The second kappa shape index (κ2) is 23.1. The summed E-state index contributed by atoms with van der Waals surface area (Å²) in [6.45, 7) is 6.54. The standard InChI is InChI=1S/C42H57N3O10/c1-50-21-22-52-23-24-53-25-26-55-42(49)43-37(28-31-7-3-2-4-8-31)38(46)30-34(41(48)44-40-36-10-6-5-9-33(36)29-39(40)47)27-32-11-13-35(14-12-32)54-20-17-45-15-18-51-19-16-45/h2-14,34,37-40,46-47H,15-30H2,1H3,(H,43,49)(H,44,48)/t34?,37?,38?,39-,40-/m0/s1. The average molecular weight is 764 g/mol. The van der Waals surface area contributed by atoms with Crippen LogP contribution in [0.25, 0.3) is 0 Å². The van der Waals surface area contributed by atoms with Crippen molar-refractivity contribution in [3.05, 3.63) is 101 Å². The number of aliphatic hydroxyl groups is 2. The van der Waals surface area contributed by atoms with Crippen LogP contribution in [0.3, 0.4) is 0 Å². The zero-order chi connectivity index (χ0) is 38.7. The molecular weight excluding hydrogens is 706 g/mol. The first-order valence-corrected chi connectivity index (χ1v) is 19.3. The van der Waals surface area contributed by atoms with Gasteiger partial charge in [0.1, 0.15) is 19.0 Å². The third-order valence-corrected chi connectivity index (χ3v) is 9.91. The van der Waals surface area contributed by atoms with E-state index in [1.807, 2.05) is 78.9 Å². The molecule has 2 aliphatic rings. The van der Waals surface area contributed by atoms with Gasteiger partial charge in [0.15, 0.2) is 0 Å². The number of methoxy groups -OCH3 is 1. The summed E-state index contributed by atoms with van der Waals surface area (Å²) in [6, 6.07) is 23.5. The molecule has 300 valence electrons. The van der Waals surface area contributed by atoms with Crippen molar-refractivity contribution in [2.75, 3.05) is 86.2 Å². The summed E-state index contributed by atoms with van der Waals surface area (Å²) >= 11 is 0. The molecular formula is C42H57N3O10. The SMILES string of the molecule is COCCOCCOCCOC(=O)NC(Cc1ccccc1)C(O)CC(Cc1ccc(OCCN2CCOCC2)cc1)C(=O)N[C@H]1c2ccccc2C[C@@H]1O. The molecule has 3 aromatic carbocycles. The van der Waals surface area contributed by atoms with Crippen molar-refractivity contribution in [3.63, 3.8) is 0 Å². The molecule has 5 atom stereocenters. The van der Waals surface area contributed by atoms with Crippen molar-refractivity contribution in [3.8, 4) is 5.75 Å². The maximum atomic E-state index is 14.1. The zero-order valence-corrected chi connectivity index (χ0v) is 31.8. The van der Waals surface area contributed by atoms with E-state index in [9.17, 15) is 19.8 Å². The summed E-state index contributed by atoms with van der Waals surface area (Å²) < 4.78 is 32.6. The number of rotatable bonds is 23. The Morgan fingerprint density at radius 2 is 1.51 bits per heavy atom. The smallest absolute Gasteiger partial charge is 0.407 e. The van der Waals surface area contributed by atoms with Crippen molar-refractivity contribution in [1.29, 1.82) is 0 Å². The molecule has 1 aliphatic carbocycles. The quantitative estimate of drug-likeness (QED) is 0.105. The van der Waals surface area contributed by atoms with Gasteiger partial charge < -0.3 is 49.3 Å². The molecule has 0 saturated carbocycles. The van der Waals surface area contributed by atoms with Crippen LogP contribution in [0.4, 0.5) is 4.79 Å². The normalized spacial score (nSPS) is 18.5. The van der Waals surface area contributed by atoms with Gasteiger partial charge in [-0.05, 0) is 53.6 Å². The zero-order valence-electron chi connectivity index (χ0n) is 31.8. The second-order valence-corrected chi connectivity index (χ2v) is 13.9.